The molecule has 4 heterocycles. The zero-order valence-electron chi connectivity index (χ0n) is 33.2. The zero-order chi connectivity index (χ0) is 40.8. The number of alkyl halides is 1. The molecule has 13 heteroatoms. The summed E-state index contributed by atoms with van der Waals surface area (Å²) in [6.45, 7) is 8.26. The molecular formula is C45H53F3N4O5S. The maximum Gasteiger partial charge on any atom is 0.305 e. The fraction of sp³-hybridized carbons (Fsp3) is 0.511. The number of methoxy groups -OCH3 is 1. The van der Waals surface area contributed by atoms with E-state index in [1.54, 1.807) is 23.1 Å². The molecule has 310 valence electrons. The number of rotatable bonds is 13. The summed E-state index contributed by atoms with van der Waals surface area (Å²) in [5, 5.41) is 0. The van der Waals surface area contributed by atoms with Crippen LogP contribution in [0.5, 0.6) is 0 Å². The van der Waals surface area contributed by atoms with Crippen molar-refractivity contribution in [2.45, 2.75) is 72.2 Å². The molecule has 0 aromatic heterocycles. The second-order valence-corrected chi connectivity index (χ2v) is 19.1. The van der Waals surface area contributed by atoms with E-state index in [2.05, 4.69) is 22.4 Å². The number of hydrogen-bond acceptors (Lipinski definition) is 8. The summed E-state index contributed by atoms with van der Waals surface area (Å²) in [5.74, 6) is -1.02. The highest BCUT2D eigenvalue weighted by atomic mass is 32.2. The molecule has 0 unspecified atom stereocenters. The molecule has 1 aliphatic carbocycles. The fourth-order valence-corrected chi connectivity index (χ4v) is 12.2. The minimum absolute atomic E-state index is 0.0204. The molecule has 3 atom stereocenters. The van der Waals surface area contributed by atoms with Gasteiger partial charge in [0.25, 0.3) is 0 Å². The van der Waals surface area contributed by atoms with Gasteiger partial charge < -0.3 is 19.4 Å². The van der Waals surface area contributed by atoms with Crippen LogP contribution in [-0.2, 0) is 36.0 Å². The van der Waals surface area contributed by atoms with Crippen LogP contribution in [0, 0.1) is 29.4 Å². The lowest BCUT2D eigenvalue weighted by atomic mass is 9.56. The maximum absolute atomic E-state index is 16.4. The number of ether oxygens (including phenoxy) is 1. The molecule has 3 saturated heterocycles. The highest BCUT2D eigenvalue weighted by molar-refractivity contribution is 7.91. The number of carbonyl (C=O) groups excluding carboxylic acids is 2. The first kappa shape index (κ1) is 40.6. The van der Waals surface area contributed by atoms with E-state index in [1.165, 1.54) is 48.4 Å². The summed E-state index contributed by atoms with van der Waals surface area (Å²) in [4.78, 5) is 32.4. The van der Waals surface area contributed by atoms with Gasteiger partial charge in [-0.1, -0.05) is 31.2 Å². The average molecular weight is 819 g/mol. The van der Waals surface area contributed by atoms with Crippen molar-refractivity contribution in [3.8, 4) is 0 Å². The standard InChI is InChI=1S/C45H53F3N4O5S/c1-3-42(53)52-22-15-31-11-12-37(26-41(31)52)58(55,56)36-13-14-40(39(47)25-36)51-28-44(48,29-51)27-50-20-16-33(17-21-50)45(30-49-18-6-19-49,34-8-5-9-35(46)24-34)38-10-4-7-32(38)23-43(54)57-2/h3,5,8-9,11-14,24-26,32-33,38H,1,4,6-7,10,15-23,27-30H2,2H3/t32-,38+,45+/m1/s1. The molecule has 0 radical (unpaired) electrons. The molecule has 1 saturated carbocycles. The van der Waals surface area contributed by atoms with Gasteiger partial charge in [-0.25, -0.2) is 21.6 Å². The zero-order valence-corrected chi connectivity index (χ0v) is 34.0. The number of hydrogen-bond donors (Lipinski definition) is 0. The van der Waals surface area contributed by atoms with Crippen molar-refractivity contribution in [3.05, 3.63) is 96.1 Å². The first-order valence-corrected chi connectivity index (χ1v) is 22.1. The second-order valence-electron chi connectivity index (χ2n) is 17.2. The Morgan fingerprint density at radius 3 is 2.31 bits per heavy atom. The molecule has 0 bridgehead atoms. The molecular weight excluding hydrogens is 766 g/mol. The van der Waals surface area contributed by atoms with Gasteiger partial charge in [-0.15, -0.1) is 0 Å². The topological polar surface area (TPSA) is 90.5 Å². The highest BCUT2D eigenvalue weighted by Gasteiger charge is 2.54. The van der Waals surface area contributed by atoms with E-state index in [0.717, 1.165) is 75.4 Å². The van der Waals surface area contributed by atoms with Crippen LogP contribution in [0.3, 0.4) is 0 Å². The molecule has 1 amide bonds. The van der Waals surface area contributed by atoms with Crippen LogP contribution < -0.4 is 9.80 Å². The highest BCUT2D eigenvalue weighted by Crippen LogP contribution is 2.54. The Morgan fingerprint density at radius 2 is 1.64 bits per heavy atom. The smallest absolute Gasteiger partial charge is 0.305 e. The first-order chi connectivity index (χ1) is 27.8. The predicted octanol–water partition coefficient (Wildman–Crippen LogP) is 6.74. The lowest BCUT2D eigenvalue weighted by Crippen LogP contribution is -2.65. The molecule has 8 rings (SSSR count). The van der Waals surface area contributed by atoms with Gasteiger partial charge in [0.2, 0.25) is 15.7 Å². The van der Waals surface area contributed by atoms with E-state index >= 15 is 13.2 Å². The lowest BCUT2D eigenvalue weighted by Gasteiger charge is -2.54. The van der Waals surface area contributed by atoms with Crippen LogP contribution in [0.25, 0.3) is 0 Å². The largest absolute Gasteiger partial charge is 0.469 e. The van der Waals surface area contributed by atoms with Crippen LogP contribution in [0.4, 0.5) is 24.5 Å². The molecule has 0 N–H and O–H groups in total. The normalized spacial score (nSPS) is 23.4. The van der Waals surface area contributed by atoms with E-state index in [1.807, 2.05) is 0 Å². The van der Waals surface area contributed by atoms with Gasteiger partial charge >= 0.3 is 5.97 Å². The van der Waals surface area contributed by atoms with Gasteiger partial charge in [0.15, 0.2) is 5.67 Å². The fourth-order valence-electron chi connectivity index (χ4n) is 10.9. The maximum atomic E-state index is 16.4. The average Bonchev–Trinajstić information content (AvgIpc) is 3.84. The van der Waals surface area contributed by atoms with E-state index in [9.17, 15) is 18.0 Å². The Kier molecular flexibility index (Phi) is 11.3. The Morgan fingerprint density at radius 1 is 0.897 bits per heavy atom. The molecule has 58 heavy (non-hydrogen) atoms. The number of amides is 1. The SMILES string of the molecule is C=CC(=O)N1CCc2ccc(S(=O)(=O)c3ccc(N4CC(F)(CN5CCC([C@@](CN6CCC6)(c6cccc(F)c6)[C@H]6CCC[C@@H]6CC(=O)OC)CC5)C4)c(F)c3)cc21. The number of sulfone groups is 1. The van der Waals surface area contributed by atoms with Gasteiger partial charge in [-0.2, -0.15) is 0 Å². The summed E-state index contributed by atoms with van der Waals surface area (Å²) in [5.41, 5.74) is 0.552. The summed E-state index contributed by atoms with van der Waals surface area (Å²) >= 11 is 0. The van der Waals surface area contributed by atoms with Crippen LogP contribution in [0.15, 0.2) is 83.1 Å². The van der Waals surface area contributed by atoms with Gasteiger partial charge in [0.05, 0.1) is 35.7 Å². The Bertz CT molecular complexity index is 2170. The quantitative estimate of drug-likeness (QED) is 0.139. The van der Waals surface area contributed by atoms with Gasteiger partial charge in [-0.3, -0.25) is 14.5 Å². The number of carbonyl (C=O) groups is 2. The number of nitrogens with zero attached hydrogens (tertiary/aromatic N) is 4. The van der Waals surface area contributed by atoms with E-state index in [4.69, 9.17) is 4.74 Å². The Balaban J connectivity index is 0.943. The van der Waals surface area contributed by atoms with Crippen LogP contribution in [-0.4, -0.2) is 102 Å². The van der Waals surface area contributed by atoms with E-state index < -0.39 is 21.3 Å². The van der Waals surface area contributed by atoms with Crippen molar-refractivity contribution in [3.63, 3.8) is 0 Å². The predicted molar refractivity (Wildman–Crippen MR) is 216 cm³/mol. The van der Waals surface area contributed by atoms with Crippen molar-refractivity contribution in [1.29, 1.82) is 0 Å². The summed E-state index contributed by atoms with van der Waals surface area (Å²) in [6, 6.07) is 15.4. The van der Waals surface area contributed by atoms with Crippen LogP contribution >= 0.6 is 0 Å². The first-order valence-electron chi connectivity index (χ1n) is 20.7. The van der Waals surface area contributed by atoms with Gasteiger partial charge in [0, 0.05) is 37.2 Å². The van der Waals surface area contributed by atoms with E-state index in [0.29, 0.717) is 38.2 Å². The van der Waals surface area contributed by atoms with Crippen molar-refractivity contribution < 1.29 is 35.9 Å². The number of halogens is 3. The summed E-state index contributed by atoms with van der Waals surface area (Å²) < 4.78 is 79.4. The number of esters is 1. The number of anilines is 2. The molecule has 0 spiro atoms. The number of likely N-dealkylation sites (tertiary alicyclic amines) is 2. The van der Waals surface area contributed by atoms with Crippen LogP contribution in [0.1, 0.15) is 56.1 Å². The minimum atomic E-state index is -4.11. The Hall–Kier alpha value is -4.20. The molecule has 3 aromatic rings. The lowest BCUT2D eigenvalue weighted by molar-refractivity contribution is -0.142. The Labute approximate surface area is 339 Å². The number of benzene rings is 3. The monoisotopic (exact) mass is 818 g/mol. The number of fused-ring (bicyclic) bond motifs is 1. The van der Waals surface area contributed by atoms with Gasteiger partial charge in [-0.05, 0) is 142 Å². The van der Waals surface area contributed by atoms with Crippen molar-refractivity contribution in [1.82, 2.24) is 9.80 Å². The third-order valence-corrected chi connectivity index (χ3v) is 15.6. The van der Waals surface area contributed by atoms with Crippen molar-refractivity contribution in [2.24, 2.45) is 17.8 Å². The second kappa shape index (κ2) is 16.1. The van der Waals surface area contributed by atoms with Crippen molar-refractivity contribution >= 4 is 33.1 Å². The molecule has 5 aliphatic rings. The summed E-state index contributed by atoms with van der Waals surface area (Å²) in [7, 11) is -2.68. The number of piperidine rings is 1. The van der Waals surface area contributed by atoms with Crippen LogP contribution in [0.2, 0.25) is 0 Å². The molecule has 4 fully saturated rings. The summed E-state index contributed by atoms with van der Waals surface area (Å²) in [6.07, 6.45) is 7.79. The van der Waals surface area contributed by atoms with Gasteiger partial charge in [0.1, 0.15) is 11.6 Å². The molecule has 3 aromatic carbocycles. The van der Waals surface area contributed by atoms with Crippen molar-refractivity contribution in [2.75, 3.05) is 75.8 Å². The third-order valence-electron chi connectivity index (χ3n) is 13.8. The molecule has 4 aliphatic heterocycles. The molecule has 9 nitrogen and oxygen atoms in total. The van der Waals surface area contributed by atoms with E-state index in [-0.39, 0.29) is 76.0 Å². The minimum Gasteiger partial charge on any atom is -0.469 e. The third kappa shape index (κ3) is 7.58.